The van der Waals surface area contributed by atoms with Crippen LogP contribution in [0.3, 0.4) is 0 Å². The van der Waals surface area contributed by atoms with Gasteiger partial charge < -0.3 is 5.32 Å². The van der Waals surface area contributed by atoms with Gasteiger partial charge in [0.15, 0.2) is 5.82 Å². The molecule has 0 saturated carbocycles. The quantitative estimate of drug-likeness (QED) is 0.768. The maximum Gasteiger partial charge on any atom is 0.283 e. The summed E-state index contributed by atoms with van der Waals surface area (Å²) in [6, 6.07) is 0. The summed E-state index contributed by atoms with van der Waals surface area (Å²) in [7, 11) is 0. The molecule has 0 amide bonds. The largest absolute Gasteiger partial charge is 0.367 e. The van der Waals surface area contributed by atoms with Gasteiger partial charge in [0.05, 0.1) is 0 Å². The Hall–Kier alpha value is -0.970. The molecule has 1 rings (SSSR count). The summed E-state index contributed by atoms with van der Waals surface area (Å²) in [6.45, 7) is 0.389. The van der Waals surface area contributed by atoms with E-state index >= 15 is 0 Å². The highest BCUT2D eigenvalue weighted by atomic mass is 35.5. The van der Waals surface area contributed by atoms with E-state index < -0.39 is 6.43 Å². The predicted molar refractivity (Wildman–Crippen MR) is 46.2 cm³/mol. The van der Waals surface area contributed by atoms with Crippen LogP contribution < -0.4 is 5.32 Å². The molecule has 1 heterocycles. The number of hydrogen-bond donors (Lipinski definition) is 1. The van der Waals surface area contributed by atoms with Gasteiger partial charge >= 0.3 is 0 Å². The van der Waals surface area contributed by atoms with Crippen molar-refractivity contribution in [3.05, 3.63) is 18.1 Å². The highest BCUT2D eigenvalue weighted by Crippen LogP contribution is 2.21. The number of halogens is 3. The molecule has 0 aromatic carbocycles. The van der Waals surface area contributed by atoms with E-state index in [1.807, 2.05) is 0 Å². The Kier molecular flexibility index (Phi) is 3.82. The zero-order chi connectivity index (χ0) is 9.68. The number of aromatic nitrogens is 2. The maximum absolute atomic E-state index is 12.3. The Labute approximate surface area is 79.1 Å². The summed E-state index contributed by atoms with van der Waals surface area (Å²) in [4.78, 5) is 7.24. The monoisotopic (exact) mass is 207 g/mol. The van der Waals surface area contributed by atoms with Crippen molar-refractivity contribution < 1.29 is 8.78 Å². The molecule has 3 nitrogen and oxygen atoms in total. The van der Waals surface area contributed by atoms with E-state index in [9.17, 15) is 8.78 Å². The lowest BCUT2D eigenvalue weighted by molar-refractivity contribution is 0.146. The Morgan fingerprint density at radius 2 is 2.08 bits per heavy atom. The van der Waals surface area contributed by atoms with Crippen molar-refractivity contribution >= 4 is 17.4 Å². The first-order valence-corrected chi connectivity index (χ1v) is 4.18. The number of anilines is 1. The van der Waals surface area contributed by atoms with Crippen LogP contribution in [0.2, 0.25) is 0 Å². The molecule has 0 saturated heterocycles. The molecule has 0 spiro atoms. The lowest BCUT2D eigenvalue weighted by Crippen LogP contribution is -2.08. The average molecular weight is 208 g/mol. The van der Waals surface area contributed by atoms with Crippen LogP contribution in [0.15, 0.2) is 12.4 Å². The van der Waals surface area contributed by atoms with Crippen LogP contribution in [-0.2, 0) is 0 Å². The zero-order valence-corrected chi connectivity index (χ0v) is 7.43. The molecule has 13 heavy (non-hydrogen) atoms. The summed E-state index contributed by atoms with van der Waals surface area (Å²) in [6.07, 6.45) is -0.0398. The molecule has 6 heteroatoms. The molecule has 0 bridgehead atoms. The molecule has 1 N–H and O–H groups in total. The Balaban J connectivity index is 2.78. The van der Waals surface area contributed by atoms with Crippen LogP contribution in [0.4, 0.5) is 14.6 Å². The summed E-state index contributed by atoms with van der Waals surface area (Å²) in [5.41, 5.74) is -0.340. The van der Waals surface area contributed by atoms with Gasteiger partial charge in [-0.05, 0) is 0 Å². The number of rotatable bonds is 4. The van der Waals surface area contributed by atoms with Gasteiger partial charge in [-0.25, -0.2) is 18.7 Å². The minimum atomic E-state index is -2.62. The third-order valence-electron chi connectivity index (χ3n) is 1.32. The highest BCUT2D eigenvalue weighted by Gasteiger charge is 2.14. The van der Waals surface area contributed by atoms with Crippen molar-refractivity contribution in [2.75, 3.05) is 17.7 Å². The fourth-order valence-corrected chi connectivity index (χ4v) is 0.905. The van der Waals surface area contributed by atoms with Crippen molar-refractivity contribution in [1.29, 1.82) is 0 Å². The first-order chi connectivity index (χ1) is 6.25. The molecule has 72 valence electrons. The van der Waals surface area contributed by atoms with E-state index in [1.54, 1.807) is 0 Å². The first-order valence-electron chi connectivity index (χ1n) is 3.64. The molecule has 0 fully saturated rings. The minimum Gasteiger partial charge on any atom is -0.367 e. The van der Waals surface area contributed by atoms with Gasteiger partial charge in [-0.1, -0.05) is 0 Å². The molecular weight excluding hydrogens is 200 g/mol. The summed E-state index contributed by atoms with van der Waals surface area (Å²) >= 11 is 5.39. The molecular formula is C7H8ClF2N3. The van der Waals surface area contributed by atoms with Crippen LogP contribution in [0.25, 0.3) is 0 Å². The second kappa shape index (κ2) is 4.91. The number of hydrogen-bond acceptors (Lipinski definition) is 3. The van der Waals surface area contributed by atoms with Gasteiger partial charge in [0.25, 0.3) is 6.43 Å². The summed E-state index contributed by atoms with van der Waals surface area (Å²) < 4.78 is 24.6. The van der Waals surface area contributed by atoms with Crippen LogP contribution in [0, 0.1) is 0 Å². The molecule has 0 atom stereocenters. The molecule has 0 aliphatic rings. The fraction of sp³-hybridized carbons (Fsp3) is 0.429. The first kappa shape index (κ1) is 10.1. The maximum atomic E-state index is 12.3. The van der Waals surface area contributed by atoms with E-state index in [0.29, 0.717) is 12.4 Å². The van der Waals surface area contributed by atoms with E-state index in [4.69, 9.17) is 11.6 Å². The number of nitrogens with one attached hydrogen (secondary N) is 1. The third kappa shape index (κ3) is 2.77. The average Bonchev–Trinajstić information content (AvgIpc) is 2.15. The van der Waals surface area contributed by atoms with Gasteiger partial charge in [0.1, 0.15) is 5.69 Å². The topological polar surface area (TPSA) is 37.8 Å². The number of alkyl halides is 3. The number of nitrogens with zero attached hydrogens (tertiary/aromatic N) is 2. The predicted octanol–water partition coefficient (Wildman–Crippen LogP) is 2.06. The molecule has 1 aromatic rings. The smallest absolute Gasteiger partial charge is 0.283 e. The molecule has 0 aliphatic carbocycles. The van der Waals surface area contributed by atoms with E-state index in [1.165, 1.54) is 12.4 Å². The third-order valence-corrected chi connectivity index (χ3v) is 1.51. The van der Waals surface area contributed by atoms with Crippen LogP contribution >= 0.6 is 11.6 Å². The zero-order valence-electron chi connectivity index (χ0n) is 6.67. The lowest BCUT2D eigenvalue weighted by atomic mass is 10.4. The van der Waals surface area contributed by atoms with E-state index in [2.05, 4.69) is 15.3 Å². The Morgan fingerprint density at radius 1 is 1.38 bits per heavy atom. The van der Waals surface area contributed by atoms with Crippen molar-refractivity contribution in [1.82, 2.24) is 9.97 Å². The van der Waals surface area contributed by atoms with Crippen molar-refractivity contribution in [2.45, 2.75) is 6.43 Å². The van der Waals surface area contributed by atoms with E-state index in [-0.39, 0.29) is 11.5 Å². The van der Waals surface area contributed by atoms with Crippen LogP contribution in [0.1, 0.15) is 12.1 Å². The van der Waals surface area contributed by atoms with Crippen molar-refractivity contribution in [3.8, 4) is 0 Å². The van der Waals surface area contributed by atoms with Crippen LogP contribution in [-0.4, -0.2) is 22.4 Å². The summed E-state index contributed by atoms with van der Waals surface area (Å²) in [5.74, 6) is 0.428. The van der Waals surface area contributed by atoms with Gasteiger partial charge in [0.2, 0.25) is 0 Å². The minimum absolute atomic E-state index is 0.0955. The fourth-order valence-electron chi connectivity index (χ4n) is 0.810. The second-order valence-corrected chi connectivity index (χ2v) is 2.58. The van der Waals surface area contributed by atoms with Crippen LogP contribution in [0.5, 0.6) is 0 Å². The normalized spacial score (nSPS) is 10.5. The molecule has 0 aliphatic heterocycles. The van der Waals surface area contributed by atoms with Crippen molar-refractivity contribution in [3.63, 3.8) is 0 Å². The second-order valence-electron chi connectivity index (χ2n) is 2.21. The highest BCUT2D eigenvalue weighted by molar-refractivity contribution is 6.18. The molecule has 0 radical (unpaired) electrons. The molecule has 0 unspecified atom stereocenters. The van der Waals surface area contributed by atoms with E-state index in [0.717, 1.165) is 0 Å². The van der Waals surface area contributed by atoms with Gasteiger partial charge in [-0.15, -0.1) is 11.6 Å². The van der Waals surface area contributed by atoms with Crippen molar-refractivity contribution in [2.24, 2.45) is 0 Å². The SMILES string of the molecule is FC(F)c1nccnc1NCCCl. The molecule has 1 aromatic heterocycles. The Bertz CT molecular complexity index is 270. The van der Waals surface area contributed by atoms with Gasteiger partial charge in [-0.3, -0.25) is 0 Å². The van der Waals surface area contributed by atoms with Gasteiger partial charge in [-0.2, -0.15) is 0 Å². The standard InChI is InChI=1S/C7H8ClF2N3/c8-1-2-12-7-5(6(9)10)11-3-4-13-7/h3-4,6H,1-2H2,(H,12,13). The Morgan fingerprint density at radius 3 is 2.69 bits per heavy atom. The lowest BCUT2D eigenvalue weighted by Gasteiger charge is -2.06. The summed E-state index contributed by atoms with van der Waals surface area (Å²) in [5, 5.41) is 2.66. The van der Waals surface area contributed by atoms with Gasteiger partial charge in [0, 0.05) is 24.8 Å².